The van der Waals surface area contributed by atoms with E-state index in [0.717, 1.165) is 75.7 Å². The molecule has 20 heteroatoms. The molecule has 8 aromatic rings. The van der Waals surface area contributed by atoms with E-state index < -0.39 is 0 Å². The minimum atomic E-state index is -0.277. The number of hydrogen-bond donors (Lipinski definition) is 4. The van der Waals surface area contributed by atoms with Crippen molar-refractivity contribution in [2.45, 2.75) is 37.5 Å². The fourth-order valence-corrected chi connectivity index (χ4v) is 10.5. The summed E-state index contributed by atoms with van der Waals surface area (Å²) >= 11 is 0. The van der Waals surface area contributed by atoms with E-state index in [9.17, 15) is 19.2 Å². The van der Waals surface area contributed by atoms with Crippen molar-refractivity contribution in [3.05, 3.63) is 156 Å². The fourth-order valence-electron chi connectivity index (χ4n) is 10.5. The summed E-state index contributed by atoms with van der Waals surface area (Å²) in [4.78, 5) is 65.7. The van der Waals surface area contributed by atoms with Crippen LogP contribution in [0, 0.1) is 0 Å². The standard InChI is InChI=1S/C62H68N10O10/c1-63-61(75)71-27-19-47-35-55(53(39-51(47)71)79-33-31-77-3)81-49-13-21-65-57(37-49)67-59(73)45-9-5-41(6-10-45)43-15-23-69(24-16-43)29-30-70-25-17-44(18-26-70)42-7-11-46(12-8-42)60(74)68-58-38-50(14-22-66-58)82-56-36-48-20-28-72(62(76)64-2)52(48)40-54(56)80-34-32-78-4/h5-14,19-22,27-28,35-40,43-44H,15-18,23-26,29-34H2,1-4H3,(H,63,75)(H,64,76)(H,65,67,73)(H,66,68,74). The van der Waals surface area contributed by atoms with E-state index in [1.54, 1.807) is 102 Å². The molecule has 0 bridgehead atoms. The molecule has 4 aromatic carbocycles. The first-order chi connectivity index (χ1) is 40.1. The number of rotatable bonds is 21. The number of nitrogens with one attached hydrogen (secondary N) is 4. The van der Waals surface area contributed by atoms with Crippen LogP contribution in [0.1, 0.15) is 69.4 Å². The zero-order valence-electron chi connectivity index (χ0n) is 46.5. The molecular weight excluding hydrogens is 1040 g/mol. The molecule has 2 saturated heterocycles. The average Bonchev–Trinajstić information content (AvgIpc) is 4.35. The van der Waals surface area contributed by atoms with Crippen LogP contribution in [0.2, 0.25) is 0 Å². The first kappa shape index (κ1) is 56.5. The highest BCUT2D eigenvalue weighted by atomic mass is 16.5. The molecule has 2 aliphatic rings. The number of aromatic nitrogens is 4. The van der Waals surface area contributed by atoms with Gasteiger partial charge in [0.25, 0.3) is 11.8 Å². The minimum absolute atomic E-state index is 0.274. The molecule has 0 spiro atoms. The van der Waals surface area contributed by atoms with Crippen LogP contribution in [0.3, 0.4) is 0 Å². The third kappa shape index (κ3) is 13.7. The number of piperidine rings is 2. The quantitative estimate of drug-likeness (QED) is 0.0493. The van der Waals surface area contributed by atoms with Gasteiger partial charge in [0.05, 0.1) is 24.2 Å². The van der Waals surface area contributed by atoms with E-state index in [1.165, 1.54) is 20.3 Å². The van der Waals surface area contributed by atoms with Crippen LogP contribution in [-0.2, 0) is 9.47 Å². The molecule has 0 saturated carbocycles. The van der Waals surface area contributed by atoms with Gasteiger partial charge in [-0.3, -0.25) is 18.7 Å². The van der Waals surface area contributed by atoms with Gasteiger partial charge in [0.15, 0.2) is 23.0 Å². The highest BCUT2D eigenvalue weighted by molar-refractivity contribution is 6.04. The van der Waals surface area contributed by atoms with Crippen LogP contribution < -0.4 is 40.2 Å². The van der Waals surface area contributed by atoms with Crippen molar-refractivity contribution in [1.82, 2.24) is 39.5 Å². The van der Waals surface area contributed by atoms with E-state index in [1.807, 2.05) is 36.4 Å². The molecule has 2 aliphatic heterocycles. The van der Waals surface area contributed by atoms with Gasteiger partial charge < -0.3 is 59.5 Å². The number of carbonyl (C=O) groups is 4. The van der Waals surface area contributed by atoms with Gasteiger partial charge in [-0.25, -0.2) is 19.6 Å². The van der Waals surface area contributed by atoms with Crippen molar-refractivity contribution in [2.75, 3.05) is 105 Å². The largest absolute Gasteiger partial charge is 0.487 e. The fraction of sp³-hybridized carbons (Fsp3) is 0.323. The zero-order valence-corrected chi connectivity index (χ0v) is 46.5. The Balaban J connectivity index is 0.651. The van der Waals surface area contributed by atoms with E-state index in [4.69, 9.17) is 28.4 Å². The predicted molar refractivity (Wildman–Crippen MR) is 313 cm³/mol. The Morgan fingerprint density at radius 2 is 0.902 bits per heavy atom. The topological polar surface area (TPSA) is 214 Å². The Bertz CT molecular complexity index is 3280. The number of methoxy groups -OCH3 is 2. The maximum atomic E-state index is 13.4. The van der Waals surface area contributed by atoms with Gasteiger partial charge in [0, 0.05) is 112 Å². The molecule has 2 fully saturated rings. The van der Waals surface area contributed by atoms with Gasteiger partial charge in [-0.1, -0.05) is 24.3 Å². The molecule has 4 amide bonds. The lowest BCUT2D eigenvalue weighted by Gasteiger charge is -2.36. The monoisotopic (exact) mass is 1110 g/mol. The van der Waals surface area contributed by atoms with Gasteiger partial charge in [-0.2, -0.15) is 0 Å². The highest BCUT2D eigenvalue weighted by Crippen LogP contribution is 2.39. The van der Waals surface area contributed by atoms with Crippen LogP contribution in [0.4, 0.5) is 21.2 Å². The summed E-state index contributed by atoms with van der Waals surface area (Å²) < 4.78 is 37.9. The SMILES string of the molecule is CNC(=O)n1ccc2cc(Oc3ccnc(NC(=O)c4ccc(C5CCN(CCN6CCC(c7ccc(C(=O)Nc8cc(Oc9cc%10ccn(C(=O)NC)c%10cc9OCCOC)ccn8)cc7)CC6)CC5)cc4)c3)c(OCCOC)cc21. The Morgan fingerprint density at radius 1 is 0.500 bits per heavy atom. The average molecular weight is 1110 g/mol. The van der Waals surface area contributed by atoms with Gasteiger partial charge in [-0.15, -0.1) is 0 Å². The van der Waals surface area contributed by atoms with Gasteiger partial charge in [-0.05, 0) is 135 Å². The third-order valence-corrected chi connectivity index (χ3v) is 15.1. The first-order valence-electron chi connectivity index (χ1n) is 27.6. The van der Waals surface area contributed by atoms with E-state index in [2.05, 4.69) is 65.3 Å². The maximum Gasteiger partial charge on any atom is 0.325 e. The molecule has 6 heterocycles. The normalized spacial score (nSPS) is 14.3. The van der Waals surface area contributed by atoms with Crippen LogP contribution in [0.25, 0.3) is 21.8 Å². The van der Waals surface area contributed by atoms with Crippen LogP contribution >= 0.6 is 0 Å². The number of hydrogen-bond acceptors (Lipinski definition) is 14. The minimum Gasteiger partial charge on any atom is -0.487 e. The number of amides is 4. The molecule has 82 heavy (non-hydrogen) atoms. The Morgan fingerprint density at radius 3 is 1.28 bits per heavy atom. The first-order valence-corrected chi connectivity index (χ1v) is 27.6. The molecule has 426 valence electrons. The number of ether oxygens (including phenoxy) is 6. The molecule has 10 rings (SSSR count). The summed E-state index contributed by atoms with van der Waals surface area (Å²) in [5.41, 5.74) is 4.86. The summed E-state index contributed by atoms with van der Waals surface area (Å²) in [6.45, 7) is 7.46. The van der Waals surface area contributed by atoms with Crippen molar-refractivity contribution in [3.63, 3.8) is 0 Å². The van der Waals surface area contributed by atoms with Gasteiger partial charge >= 0.3 is 12.1 Å². The summed E-state index contributed by atoms with van der Waals surface area (Å²) in [6, 6.07) is 32.7. The molecule has 0 unspecified atom stereocenters. The van der Waals surface area contributed by atoms with Crippen molar-refractivity contribution in [2.24, 2.45) is 0 Å². The second-order valence-electron chi connectivity index (χ2n) is 20.2. The number of benzene rings is 4. The van der Waals surface area contributed by atoms with E-state index in [0.29, 0.717) is 93.3 Å². The molecule has 0 radical (unpaired) electrons. The smallest absolute Gasteiger partial charge is 0.325 e. The summed E-state index contributed by atoms with van der Waals surface area (Å²) in [6.07, 6.45) is 10.7. The highest BCUT2D eigenvalue weighted by Gasteiger charge is 2.25. The predicted octanol–water partition coefficient (Wildman–Crippen LogP) is 9.96. The van der Waals surface area contributed by atoms with Crippen molar-refractivity contribution >= 4 is 57.3 Å². The van der Waals surface area contributed by atoms with Crippen LogP contribution in [-0.4, -0.2) is 147 Å². The number of anilines is 2. The Kier molecular flexibility index (Phi) is 18.3. The molecular formula is C62H68N10O10. The molecule has 20 nitrogen and oxygen atoms in total. The molecule has 0 aliphatic carbocycles. The lowest BCUT2D eigenvalue weighted by atomic mass is 9.88. The second kappa shape index (κ2) is 26.6. The second-order valence-corrected chi connectivity index (χ2v) is 20.2. The number of nitrogens with zero attached hydrogens (tertiary/aromatic N) is 6. The van der Waals surface area contributed by atoms with Gasteiger partial charge in [0.2, 0.25) is 0 Å². The third-order valence-electron chi connectivity index (χ3n) is 15.1. The lowest BCUT2D eigenvalue weighted by molar-refractivity contribution is 0.101. The lowest BCUT2D eigenvalue weighted by Crippen LogP contribution is -2.41. The summed E-state index contributed by atoms with van der Waals surface area (Å²) in [7, 11) is 6.33. The molecule has 4 N–H and O–H groups in total. The van der Waals surface area contributed by atoms with Crippen molar-refractivity contribution in [3.8, 4) is 34.5 Å². The van der Waals surface area contributed by atoms with Gasteiger partial charge in [0.1, 0.15) is 36.3 Å². The maximum absolute atomic E-state index is 13.4. The zero-order chi connectivity index (χ0) is 57.0. The Hall–Kier alpha value is -8.82. The molecule has 4 aromatic heterocycles. The number of pyridine rings is 2. The van der Waals surface area contributed by atoms with Crippen LogP contribution in [0.5, 0.6) is 34.5 Å². The van der Waals surface area contributed by atoms with Crippen LogP contribution in [0.15, 0.2) is 134 Å². The Labute approximate surface area is 475 Å². The molecule has 0 atom stereocenters. The van der Waals surface area contributed by atoms with Crippen molar-refractivity contribution in [1.29, 1.82) is 0 Å². The van der Waals surface area contributed by atoms with E-state index in [-0.39, 0.29) is 37.1 Å². The van der Waals surface area contributed by atoms with Crippen molar-refractivity contribution < 1.29 is 47.6 Å². The van der Waals surface area contributed by atoms with E-state index >= 15 is 0 Å². The number of likely N-dealkylation sites (tertiary alicyclic amines) is 2. The summed E-state index contributed by atoms with van der Waals surface area (Å²) in [5, 5.41) is 12.7. The summed E-state index contributed by atoms with van der Waals surface area (Å²) in [5.74, 6) is 3.60. The number of fused-ring (bicyclic) bond motifs is 2. The number of carbonyl (C=O) groups excluding carboxylic acids is 4.